The molecule has 2 N–H and O–H groups in total. The maximum absolute atomic E-state index is 10.6. The first-order chi connectivity index (χ1) is 4.63. The predicted molar refractivity (Wildman–Crippen MR) is 36.1 cm³/mol. The molecule has 0 saturated carbocycles. The predicted octanol–water partition coefficient (Wildman–Crippen LogP) is -0.353. The molecular formula is C6H11NO3. The van der Waals surface area contributed by atoms with Crippen molar-refractivity contribution in [3.8, 4) is 0 Å². The van der Waals surface area contributed by atoms with E-state index in [0.717, 1.165) is 0 Å². The number of rotatable bonds is 3. The Hall–Kier alpha value is -1.03. The van der Waals surface area contributed by atoms with Crippen LogP contribution in [0.25, 0.3) is 0 Å². The fourth-order valence-corrected chi connectivity index (χ4v) is 0.385. The summed E-state index contributed by atoms with van der Waals surface area (Å²) in [5, 5.41) is 0. The number of hydrogen-bond acceptors (Lipinski definition) is 4. The van der Waals surface area contributed by atoms with Crippen LogP contribution in [0.1, 0.15) is 0 Å². The molecule has 0 aliphatic carbocycles. The van der Waals surface area contributed by atoms with Crippen molar-refractivity contribution in [3.63, 3.8) is 0 Å². The number of esters is 1. The van der Waals surface area contributed by atoms with Crippen LogP contribution in [0.3, 0.4) is 0 Å². The molecule has 4 heteroatoms. The first-order valence-corrected chi connectivity index (χ1v) is 2.69. The van der Waals surface area contributed by atoms with Crippen LogP contribution in [-0.4, -0.2) is 26.2 Å². The molecule has 0 amide bonds. The lowest BCUT2D eigenvalue weighted by molar-refractivity contribution is -0.141. The maximum atomic E-state index is 10.6. The van der Waals surface area contributed by atoms with Crippen LogP contribution < -0.4 is 5.73 Å². The van der Waals surface area contributed by atoms with Gasteiger partial charge in [0.15, 0.2) is 6.04 Å². The molecule has 0 aliphatic rings. The molecule has 0 unspecified atom stereocenters. The molecule has 0 aromatic carbocycles. The molecule has 58 valence electrons. The standard InChI is InChI=1S/C6H11NO3/c1-4(9-2)5(7)6(8)10-3/h5H,1,7H2,2-3H3/t5-/m1/s1. The Morgan fingerprint density at radius 3 is 2.30 bits per heavy atom. The lowest BCUT2D eigenvalue weighted by Crippen LogP contribution is -2.33. The minimum absolute atomic E-state index is 0.201. The smallest absolute Gasteiger partial charge is 0.330 e. The van der Waals surface area contributed by atoms with Gasteiger partial charge in [-0.25, -0.2) is 4.79 Å². The summed E-state index contributed by atoms with van der Waals surface area (Å²) in [6.45, 7) is 3.39. The summed E-state index contributed by atoms with van der Waals surface area (Å²) in [7, 11) is 2.65. The molecule has 0 fully saturated rings. The average Bonchev–Trinajstić information content (AvgIpc) is 2.00. The van der Waals surface area contributed by atoms with Crippen LogP contribution in [0, 0.1) is 0 Å². The summed E-state index contributed by atoms with van der Waals surface area (Å²) in [6, 6.07) is -0.880. The fourth-order valence-electron chi connectivity index (χ4n) is 0.385. The number of hydrogen-bond donors (Lipinski definition) is 1. The summed E-state index contributed by atoms with van der Waals surface area (Å²) < 4.78 is 8.94. The van der Waals surface area contributed by atoms with Gasteiger partial charge in [0.2, 0.25) is 0 Å². The van der Waals surface area contributed by atoms with Gasteiger partial charge in [-0.2, -0.15) is 0 Å². The van der Waals surface area contributed by atoms with Gasteiger partial charge in [-0.3, -0.25) is 0 Å². The molecule has 0 rings (SSSR count). The van der Waals surface area contributed by atoms with Gasteiger partial charge >= 0.3 is 5.97 Å². The van der Waals surface area contributed by atoms with Crippen LogP contribution in [0.4, 0.5) is 0 Å². The Balaban J connectivity index is 3.94. The van der Waals surface area contributed by atoms with E-state index in [1.165, 1.54) is 14.2 Å². The highest BCUT2D eigenvalue weighted by Gasteiger charge is 2.17. The number of carbonyl (C=O) groups is 1. The zero-order chi connectivity index (χ0) is 8.15. The quantitative estimate of drug-likeness (QED) is 0.435. The third-order valence-electron chi connectivity index (χ3n) is 1.06. The molecule has 0 spiro atoms. The van der Waals surface area contributed by atoms with E-state index in [1.54, 1.807) is 0 Å². The van der Waals surface area contributed by atoms with Crippen LogP contribution in [-0.2, 0) is 14.3 Å². The summed E-state index contributed by atoms with van der Waals surface area (Å²) in [5.74, 6) is -0.348. The lowest BCUT2D eigenvalue weighted by Gasteiger charge is -2.09. The first-order valence-electron chi connectivity index (χ1n) is 2.69. The molecular weight excluding hydrogens is 134 g/mol. The van der Waals surface area contributed by atoms with Crippen molar-refractivity contribution < 1.29 is 14.3 Å². The van der Waals surface area contributed by atoms with E-state index in [-0.39, 0.29) is 5.76 Å². The molecule has 1 atom stereocenters. The molecule has 4 nitrogen and oxygen atoms in total. The third kappa shape index (κ3) is 2.06. The third-order valence-corrected chi connectivity index (χ3v) is 1.06. The van der Waals surface area contributed by atoms with Gasteiger partial charge in [-0.05, 0) is 0 Å². The van der Waals surface area contributed by atoms with Crippen molar-refractivity contribution >= 4 is 5.97 Å². The highest BCUT2D eigenvalue weighted by atomic mass is 16.5. The minimum atomic E-state index is -0.880. The van der Waals surface area contributed by atoms with Crippen molar-refractivity contribution in [2.45, 2.75) is 6.04 Å². The Morgan fingerprint density at radius 1 is 1.50 bits per heavy atom. The highest BCUT2D eigenvalue weighted by Crippen LogP contribution is 1.97. The van der Waals surface area contributed by atoms with E-state index in [4.69, 9.17) is 5.73 Å². The number of nitrogens with two attached hydrogens (primary N) is 1. The molecule has 0 heterocycles. The maximum Gasteiger partial charge on any atom is 0.330 e. The van der Waals surface area contributed by atoms with E-state index in [0.29, 0.717) is 0 Å². The van der Waals surface area contributed by atoms with Crippen LogP contribution >= 0.6 is 0 Å². The Kier molecular flexibility index (Phi) is 3.49. The van der Waals surface area contributed by atoms with E-state index in [9.17, 15) is 4.79 Å². The number of carbonyl (C=O) groups excluding carboxylic acids is 1. The monoisotopic (exact) mass is 145 g/mol. The first kappa shape index (κ1) is 8.97. The Bertz CT molecular complexity index is 128. The second-order valence-corrected chi connectivity index (χ2v) is 1.67. The highest BCUT2D eigenvalue weighted by molar-refractivity contribution is 5.78. The van der Waals surface area contributed by atoms with Crippen LogP contribution in [0.2, 0.25) is 0 Å². The molecule has 0 aliphatic heterocycles. The van der Waals surface area contributed by atoms with Gasteiger partial charge in [-0.1, -0.05) is 6.58 Å². The molecule has 0 saturated heterocycles. The van der Waals surface area contributed by atoms with Gasteiger partial charge in [0.25, 0.3) is 0 Å². The van der Waals surface area contributed by atoms with E-state index < -0.39 is 12.0 Å². The largest absolute Gasteiger partial charge is 0.499 e. The number of ether oxygens (including phenoxy) is 2. The Morgan fingerprint density at radius 2 is 2.00 bits per heavy atom. The van der Waals surface area contributed by atoms with Crippen LogP contribution in [0.5, 0.6) is 0 Å². The fraction of sp³-hybridized carbons (Fsp3) is 0.500. The topological polar surface area (TPSA) is 61.5 Å². The van der Waals surface area contributed by atoms with Gasteiger partial charge < -0.3 is 15.2 Å². The summed E-state index contributed by atoms with van der Waals surface area (Å²) >= 11 is 0. The van der Waals surface area contributed by atoms with Crippen molar-refractivity contribution in [2.24, 2.45) is 5.73 Å². The van der Waals surface area contributed by atoms with Crippen molar-refractivity contribution in [1.82, 2.24) is 0 Å². The molecule has 0 aromatic heterocycles. The van der Waals surface area contributed by atoms with Gasteiger partial charge in [-0.15, -0.1) is 0 Å². The summed E-state index contributed by atoms with van der Waals surface area (Å²) in [4.78, 5) is 10.6. The second kappa shape index (κ2) is 3.90. The van der Waals surface area contributed by atoms with Gasteiger partial charge in [0.1, 0.15) is 5.76 Å². The van der Waals surface area contributed by atoms with Crippen molar-refractivity contribution in [3.05, 3.63) is 12.3 Å². The molecule has 0 aromatic rings. The Labute approximate surface area is 59.6 Å². The van der Waals surface area contributed by atoms with E-state index in [2.05, 4.69) is 16.1 Å². The average molecular weight is 145 g/mol. The lowest BCUT2D eigenvalue weighted by atomic mass is 10.3. The zero-order valence-electron chi connectivity index (χ0n) is 6.09. The van der Waals surface area contributed by atoms with Crippen LogP contribution in [0.15, 0.2) is 12.3 Å². The summed E-state index contributed by atoms with van der Waals surface area (Å²) in [6.07, 6.45) is 0. The minimum Gasteiger partial charge on any atom is -0.499 e. The SMILES string of the molecule is C=C(OC)[C@@H](N)C(=O)OC. The van der Waals surface area contributed by atoms with E-state index in [1.807, 2.05) is 0 Å². The van der Waals surface area contributed by atoms with Gasteiger partial charge in [0.05, 0.1) is 14.2 Å². The normalized spacial score (nSPS) is 11.9. The second-order valence-electron chi connectivity index (χ2n) is 1.67. The molecule has 0 bridgehead atoms. The van der Waals surface area contributed by atoms with Gasteiger partial charge in [0, 0.05) is 0 Å². The van der Waals surface area contributed by atoms with E-state index >= 15 is 0 Å². The zero-order valence-corrected chi connectivity index (χ0v) is 6.09. The summed E-state index contributed by atoms with van der Waals surface area (Å²) in [5.41, 5.74) is 5.28. The number of methoxy groups -OCH3 is 2. The van der Waals surface area contributed by atoms with Crippen molar-refractivity contribution in [1.29, 1.82) is 0 Å². The molecule has 10 heavy (non-hydrogen) atoms. The molecule has 0 radical (unpaired) electrons. The van der Waals surface area contributed by atoms with Crippen molar-refractivity contribution in [2.75, 3.05) is 14.2 Å².